The third kappa shape index (κ3) is 47.4. The monoisotopic (exact) mass is 313 g/mol. The van der Waals surface area contributed by atoms with Crippen LogP contribution < -0.4 is 0 Å². The number of allylic oxidation sites excluding steroid dienone is 4. The van der Waals surface area contributed by atoms with Gasteiger partial charge in [-0.3, -0.25) is 0 Å². The van der Waals surface area contributed by atoms with Crippen LogP contribution in [0.25, 0.3) is 0 Å². The molecule has 1 rings (SSSR count). The second kappa shape index (κ2) is 3.70. The summed E-state index contributed by atoms with van der Waals surface area (Å²) >= 11 is 0. The van der Waals surface area contributed by atoms with Crippen molar-refractivity contribution in [2.45, 2.75) is 6.42 Å². The molecule has 0 spiro atoms. The Kier molecular flexibility index (Phi) is 4.43. The van der Waals surface area contributed by atoms with Crippen molar-refractivity contribution in [3.8, 4) is 0 Å². The van der Waals surface area contributed by atoms with Gasteiger partial charge < -0.3 is 0 Å². The minimum Gasteiger partial charge on any atom is 0 e. The van der Waals surface area contributed by atoms with Crippen LogP contribution in [0, 0.1) is 0 Å². The molecule has 82 valence electrons. The SMILES string of the molecule is C1=CCC=C1.F[P-](F)(F)(F)(F)F.[Ru]. The molecule has 8 heteroatoms. The summed E-state index contributed by atoms with van der Waals surface area (Å²) in [6.45, 7) is 0. The van der Waals surface area contributed by atoms with Crippen LogP contribution in [0.15, 0.2) is 24.3 Å². The van der Waals surface area contributed by atoms with Gasteiger partial charge in [-0.15, -0.1) is 0 Å². The molecule has 0 saturated heterocycles. The van der Waals surface area contributed by atoms with E-state index in [1.54, 1.807) is 0 Å². The number of halogens is 6. The standard InChI is InChI=1S/C5H6.F6P.Ru/c1-2-4-5-3-1;1-7(2,3,4,5)6;/h1-4H,5H2;;/q;-1;. The summed E-state index contributed by atoms with van der Waals surface area (Å²) < 4.78 is 59.2. The molecular weight excluding hydrogens is 306 g/mol. The largest absolute Gasteiger partial charge is 0 e. The summed E-state index contributed by atoms with van der Waals surface area (Å²) in [4.78, 5) is 0. The molecule has 0 unspecified atom stereocenters. The molecule has 0 amide bonds. The van der Waals surface area contributed by atoms with E-state index in [2.05, 4.69) is 24.3 Å². The van der Waals surface area contributed by atoms with E-state index in [1.165, 1.54) is 0 Å². The summed E-state index contributed by atoms with van der Waals surface area (Å²) in [5.74, 6) is 0. The molecule has 1 aliphatic carbocycles. The second-order valence-electron chi connectivity index (χ2n) is 2.05. The molecular formula is C5H6F6PRu-. The Morgan fingerprint density at radius 1 is 0.769 bits per heavy atom. The van der Waals surface area contributed by atoms with Crippen LogP contribution in [0.4, 0.5) is 25.2 Å². The van der Waals surface area contributed by atoms with Crippen LogP contribution in [-0.2, 0) is 19.5 Å². The van der Waals surface area contributed by atoms with Gasteiger partial charge in [0, 0.05) is 19.5 Å². The van der Waals surface area contributed by atoms with E-state index in [-0.39, 0.29) is 19.5 Å². The fourth-order valence-corrected chi connectivity index (χ4v) is 0.393. The van der Waals surface area contributed by atoms with Crippen LogP contribution in [0.5, 0.6) is 0 Å². The molecule has 0 fully saturated rings. The van der Waals surface area contributed by atoms with E-state index in [1.807, 2.05) is 0 Å². The van der Waals surface area contributed by atoms with E-state index < -0.39 is 7.81 Å². The predicted octanol–water partition coefficient (Wildman–Crippen LogP) is 4.88. The Balaban J connectivity index is 0. The average molecular weight is 312 g/mol. The van der Waals surface area contributed by atoms with Crippen molar-refractivity contribution < 1.29 is 44.7 Å². The fraction of sp³-hybridized carbons (Fsp3) is 0.200. The summed E-state index contributed by atoms with van der Waals surface area (Å²) in [7, 11) is -10.7. The first kappa shape index (κ1) is 15.6. The first-order valence-corrected chi connectivity index (χ1v) is 4.86. The quantitative estimate of drug-likeness (QED) is 0.340. The number of hydrogen-bond donors (Lipinski definition) is 0. The average Bonchev–Trinajstić information content (AvgIpc) is 2.00. The molecule has 0 heterocycles. The van der Waals surface area contributed by atoms with Crippen molar-refractivity contribution >= 4 is 7.81 Å². The second-order valence-corrected chi connectivity index (χ2v) is 3.97. The topological polar surface area (TPSA) is 0 Å². The van der Waals surface area contributed by atoms with Crippen LogP contribution in [-0.4, -0.2) is 0 Å². The van der Waals surface area contributed by atoms with Crippen molar-refractivity contribution in [1.82, 2.24) is 0 Å². The number of hydrogen-bond acceptors (Lipinski definition) is 0. The molecule has 0 bridgehead atoms. The first-order valence-electron chi connectivity index (χ1n) is 2.83. The predicted molar refractivity (Wildman–Crippen MR) is 36.5 cm³/mol. The summed E-state index contributed by atoms with van der Waals surface area (Å²) in [5.41, 5.74) is 0. The van der Waals surface area contributed by atoms with Crippen LogP contribution >= 0.6 is 7.81 Å². The Bertz CT molecular complexity index is 189. The van der Waals surface area contributed by atoms with E-state index in [9.17, 15) is 25.2 Å². The van der Waals surface area contributed by atoms with Crippen molar-refractivity contribution in [2.75, 3.05) is 0 Å². The maximum absolute atomic E-state index is 10.7. The first-order chi connectivity index (χ1) is 4.95. The van der Waals surface area contributed by atoms with Gasteiger partial charge in [-0.05, 0) is 6.42 Å². The van der Waals surface area contributed by atoms with Crippen LogP contribution in [0.3, 0.4) is 0 Å². The maximum atomic E-state index is 9.87. The molecule has 0 nitrogen and oxygen atoms in total. The van der Waals surface area contributed by atoms with Crippen LogP contribution in [0.2, 0.25) is 0 Å². The van der Waals surface area contributed by atoms with E-state index in [0.29, 0.717) is 0 Å². The molecule has 0 aromatic rings. The smallest absolute Gasteiger partial charge is 0 e. The molecule has 13 heavy (non-hydrogen) atoms. The van der Waals surface area contributed by atoms with Gasteiger partial charge in [0.1, 0.15) is 0 Å². The maximum Gasteiger partial charge on any atom is 0 e. The molecule has 0 aromatic heterocycles. The summed E-state index contributed by atoms with van der Waals surface area (Å²) in [6.07, 6.45) is 9.50. The zero-order chi connectivity index (χ0) is 9.94. The van der Waals surface area contributed by atoms with Crippen molar-refractivity contribution in [3.63, 3.8) is 0 Å². The summed E-state index contributed by atoms with van der Waals surface area (Å²) in [5, 5.41) is 0. The molecule has 0 radical (unpaired) electrons. The van der Waals surface area contributed by atoms with Gasteiger partial charge in [0.2, 0.25) is 0 Å². The molecule has 1 aliphatic rings. The van der Waals surface area contributed by atoms with Crippen molar-refractivity contribution in [1.29, 1.82) is 0 Å². The fourth-order valence-electron chi connectivity index (χ4n) is 0.393. The Morgan fingerprint density at radius 2 is 1.00 bits per heavy atom. The third-order valence-electron chi connectivity index (χ3n) is 0.655. The molecule has 0 N–H and O–H groups in total. The van der Waals surface area contributed by atoms with Gasteiger partial charge >= 0.3 is 33.0 Å². The Hall–Kier alpha value is 0.113. The summed E-state index contributed by atoms with van der Waals surface area (Å²) in [6, 6.07) is 0. The minimum absolute atomic E-state index is 0. The van der Waals surface area contributed by atoms with E-state index in [4.69, 9.17) is 0 Å². The molecule has 0 saturated carbocycles. The van der Waals surface area contributed by atoms with Gasteiger partial charge in [0.25, 0.3) is 0 Å². The van der Waals surface area contributed by atoms with Gasteiger partial charge in [-0.25, -0.2) is 0 Å². The van der Waals surface area contributed by atoms with Gasteiger partial charge in [-0.1, -0.05) is 24.3 Å². The van der Waals surface area contributed by atoms with Gasteiger partial charge in [0.15, 0.2) is 0 Å². The van der Waals surface area contributed by atoms with E-state index >= 15 is 0 Å². The van der Waals surface area contributed by atoms with Gasteiger partial charge in [0.05, 0.1) is 0 Å². The third-order valence-corrected chi connectivity index (χ3v) is 0.655. The van der Waals surface area contributed by atoms with Gasteiger partial charge in [-0.2, -0.15) is 0 Å². The zero-order valence-corrected chi connectivity index (χ0v) is 8.72. The number of rotatable bonds is 0. The van der Waals surface area contributed by atoms with Crippen molar-refractivity contribution in [3.05, 3.63) is 24.3 Å². The van der Waals surface area contributed by atoms with E-state index in [0.717, 1.165) is 6.42 Å². The minimum atomic E-state index is -10.7. The Labute approximate surface area is 83.7 Å². The molecule has 0 aliphatic heterocycles. The molecule has 0 aromatic carbocycles. The molecule has 0 atom stereocenters. The zero-order valence-electron chi connectivity index (χ0n) is 6.09. The Morgan fingerprint density at radius 3 is 1.08 bits per heavy atom. The normalized spacial score (nSPS) is 19.2. The van der Waals surface area contributed by atoms with Crippen molar-refractivity contribution in [2.24, 2.45) is 0 Å². The van der Waals surface area contributed by atoms with Crippen LogP contribution in [0.1, 0.15) is 6.42 Å².